The zero-order chi connectivity index (χ0) is 31.6. The smallest absolute Gasteiger partial charge is 0.411 e. The van der Waals surface area contributed by atoms with Crippen LogP contribution < -0.4 is 5.32 Å². The number of carbonyl (C=O) groups is 3. The topological polar surface area (TPSA) is 88.7 Å². The van der Waals surface area contributed by atoms with Crippen molar-refractivity contribution in [1.82, 2.24) is 24.5 Å². The highest BCUT2D eigenvalue weighted by molar-refractivity contribution is 9.13. The number of rotatable bonds is 7. The number of amides is 3. The number of anilines is 1. The van der Waals surface area contributed by atoms with Crippen molar-refractivity contribution in [3.8, 4) is 0 Å². The van der Waals surface area contributed by atoms with Crippen molar-refractivity contribution in [1.29, 1.82) is 0 Å². The van der Waals surface area contributed by atoms with Crippen LogP contribution in [0, 0.1) is 0 Å². The van der Waals surface area contributed by atoms with Crippen molar-refractivity contribution in [3.05, 3.63) is 62.5 Å². The second kappa shape index (κ2) is 14.1. The third kappa shape index (κ3) is 6.95. The Labute approximate surface area is 282 Å². The minimum Gasteiger partial charge on any atom is -0.445 e. The molecule has 0 saturated carbocycles. The van der Waals surface area contributed by atoms with Gasteiger partial charge in [0.15, 0.2) is 0 Å². The molecule has 0 aromatic heterocycles. The SMILES string of the molecule is CN1CCN(C2CCN([C@]3(CC=O)C[C@H](N4Cc5ccccc5NC4=O)CCN3C(=O)OCc3ccc(Br)c(Br)c3)CC2)CC1. The van der Waals surface area contributed by atoms with Gasteiger partial charge >= 0.3 is 12.1 Å². The van der Waals surface area contributed by atoms with E-state index in [1.54, 1.807) is 4.90 Å². The summed E-state index contributed by atoms with van der Waals surface area (Å²) in [5.41, 5.74) is 1.89. The summed E-state index contributed by atoms with van der Waals surface area (Å²) in [7, 11) is 2.17. The molecule has 10 nitrogen and oxygen atoms in total. The Kier molecular flexibility index (Phi) is 10.2. The number of hydrogen-bond donors (Lipinski definition) is 1. The minimum absolute atomic E-state index is 0.124. The molecule has 3 fully saturated rings. The molecule has 4 heterocycles. The molecule has 3 amide bonds. The van der Waals surface area contributed by atoms with Gasteiger partial charge in [0.2, 0.25) is 0 Å². The van der Waals surface area contributed by atoms with Crippen LogP contribution in [-0.2, 0) is 22.7 Å². The number of urea groups is 1. The summed E-state index contributed by atoms with van der Waals surface area (Å²) in [6, 6.07) is 13.9. The number of likely N-dealkylation sites (tertiary alicyclic amines) is 2. The number of likely N-dealkylation sites (N-methyl/N-ethyl adjacent to an activating group) is 1. The molecule has 1 N–H and O–H groups in total. The van der Waals surface area contributed by atoms with Crippen LogP contribution in [0.1, 0.15) is 43.2 Å². The molecule has 2 aromatic carbocycles. The number of para-hydroxylation sites is 1. The van der Waals surface area contributed by atoms with Crippen LogP contribution in [0.5, 0.6) is 0 Å². The molecule has 2 atom stereocenters. The maximum absolute atomic E-state index is 13.9. The number of ether oxygens (including phenoxy) is 1. The predicted molar refractivity (Wildman–Crippen MR) is 180 cm³/mol. The van der Waals surface area contributed by atoms with Crippen molar-refractivity contribution >= 4 is 56.0 Å². The fraction of sp³-hybridized carbons (Fsp3) is 0.545. The fourth-order valence-electron chi connectivity index (χ4n) is 7.56. The Morgan fingerprint density at radius 1 is 0.978 bits per heavy atom. The zero-order valence-electron chi connectivity index (χ0n) is 25.8. The van der Waals surface area contributed by atoms with E-state index in [4.69, 9.17) is 4.74 Å². The molecule has 45 heavy (non-hydrogen) atoms. The van der Waals surface area contributed by atoms with E-state index in [9.17, 15) is 14.4 Å². The summed E-state index contributed by atoms with van der Waals surface area (Å²) in [5, 5.41) is 3.05. The Balaban J connectivity index is 1.24. The van der Waals surface area contributed by atoms with Crippen LogP contribution in [0.3, 0.4) is 0 Å². The summed E-state index contributed by atoms with van der Waals surface area (Å²) in [4.78, 5) is 50.8. The Morgan fingerprint density at radius 3 is 2.44 bits per heavy atom. The molecule has 0 radical (unpaired) electrons. The number of aldehydes is 1. The molecule has 3 saturated heterocycles. The highest BCUT2D eigenvalue weighted by Crippen LogP contribution is 2.40. The number of nitrogens with one attached hydrogen (secondary N) is 1. The van der Waals surface area contributed by atoms with Crippen molar-refractivity contribution in [2.24, 2.45) is 0 Å². The number of piperidine rings is 2. The second-order valence-corrected chi connectivity index (χ2v) is 14.4. The van der Waals surface area contributed by atoms with Crippen molar-refractivity contribution < 1.29 is 19.1 Å². The van der Waals surface area contributed by atoms with E-state index < -0.39 is 11.8 Å². The minimum atomic E-state index is -0.883. The van der Waals surface area contributed by atoms with E-state index in [0.29, 0.717) is 32.0 Å². The lowest BCUT2D eigenvalue weighted by Crippen LogP contribution is -2.70. The van der Waals surface area contributed by atoms with E-state index in [2.05, 4.69) is 58.9 Å². The maximum atomic E-state index is 13.9. The maximum Gasteiger partial charge on any atom is 0.411 e. The Hall–Kier alpha value is -2.51. The lowest BCUT2D eigenvalue weighted by Gasteiger charge is -2.57. The lowest BCUT2D eigenvalue weighted by atomic mass is 9.84. The molecule has 12 heteroatoms. The van der Waals surface area contributed by atoms with E-state index >= 15 is 0 Å². The van der Waals surface area contributed by atoms with E-state index in [0.717, 1.165) is 84.2 Å². The third-order valence-corrected chi connectivity index (χ3v) is 12.0. The van der Waals surface area contributed by atoms with E-state index in [1.165, 1.54) is 0 Å². The summed E-state index contributed by atoms with van der Waals surface area (Å²) in [6.07, 6.45) is 3.71. The quantitative estimate of drug-likeness (QED) is 0.382. The van der Waals surface area contributed by atoms with Gasteiger partial charge in [0.05, 0.1) is 0 Å². The van der Waals surface area contributed by atoms with Gasteiger partial charge in [-0.1, -0.05) is 24.3 Å². The molecule has 242 valence electrons. The van der Waals surface area contributed by atoms with Crippen molar-refractivity contribution in [3.63, 3.8) is 0 Å². The largest absolute Gasteiger partial charge is 0.445 e. The van der Waals surface area contributed by atoms with Gasteiger partial charge in [0, 0.05) is 91.9 Å². The molecule has 0 spiro atoms. The first-order chi connectivity index (χ1) is 21.8. The number of nitrogens with zero attached hydrogens (tertiary/aromatic N) is 5. The van der Waals surface area contributed by atoms with Gasteiger partial charge in [-0.05, 0) is 87.5 Å². The first-order valence-electron chi connectivity index (χ1n) is 15.9. The van der Waals surface area contributed by atoms with Crippen LogP contribution in [0.15, 0.2) is 51.4 Å². The first kappa shape index (κ1) is 32.4. The molecule has 2 aromatic rings. The molecular weight excluding hydrogens is 704 g/mol. The van der Waals surface area contributed by atoms with Crippen LogP contribution >= 0.6 is 31.9 Å². The molecule has 0 unspecified atom stereocenters. The lowest BCUT2D eigenvalue weighted by molar-refractivity contribution is -0.129. The van der Waals surface area contributed by atoms with Gasteiger partial charge in [-0.15, -0.1) is 0 Å². The van der Waals surface area contributed by atoms with Crippen LogP contribution in [0.25, 0.3) is 0 Å². The van der Waals surface area contributed by atoms with Crippen LogP contribution in [-0.4, -0.2) is 114 Å². The normalized spacial score (nSPS) is 25.5. The molecule has 4 aliphatic rings. The van der Waals surface area contributed by atoms with Gasteiger partial charge in [0.25, 0.3) is 0 Å². The highest BCUT2D eigenvalue weighted by atomic mass is 79.9. The van der Waals surface area contributed by atoms with Crippen LogP contribution in [0.4, 0.5) is 15.3 Å². The number of carbonyl (C=O) groups excluding carboxylic acids is 3. The second-order valence-electron chi connectivity index (χ2n) is 12.7. The van der Waals surface area contributed by atoms with E-state index in [-0.39, 0.29) is 25.1 Å². The average Bonchev–Trinajstić information content (AvgIpc) is 3.05. The van der Waals surface area contributed by atoms with Crippen molar-refractivity contribution in [2.75, 3.05) is 58.2 Å². The zero-order valence-corrected chi connectivity index (χ0v) is 29.0. The van der Waals surface area contributed by atoms with Gasteiger partial charge < -0.3 is 24.6 Å². The van der Waals surface area contributed by atoms with Gasteiger partial charge in [-0.3, -0.25) is 14.7 Å². The number of fused-ring (bicyclic) bond motifs is 1. The van der Waals surface area contributed by atoms with Gasteiger partial charge in [-0.2, -0.15) is 0 Å². The number of halogens is 2. The molecular formula is C33H42Br2N6O4. The van der Waals surface area contributed by atoms with Crippen molar-refractivity contribution in [2.45, 2.75) is 63.0 Å². The third-order valence-electron chi connectivity index (χ3n) is 10.1. The summed E-state index contributed by atoms with van der Waals surface area (Å²) in [5.74, 6) is 0. The highest BCUT2D eigenvalue weighted by Gasteiger charge is 2.52. The molecule has 6 rings (SSSR count). The monoisotopic (exact) mass is 744 g/mol. The number of piperazine rings is 1. The molecule has 0 bridgehead atoms. The molecule has 4 aliphatic heterocycles. The first-order valence-corrected chi connectivity index (χ1v) is 17.5. The van der Waals surface area contributed by atoms with E-state index in [1.807, 2.05) is 47.4 Å². The number of benzene rings is 2. The Bertz CT molecular complexity index is 1400. The summed E-state index contributed by atoms with van der Waals surface area (Å²) < 4.78 is 7.74. The van der Waals surface area contributed by atoms with Gasteiger partial charge in [0.1, 0.15) is 18.6 Å². The summed E-state index contributed by atoms with van der Waals surface area (Å²) in [6.45, 7) is 6.85. The standard InChI is InChI=1S/C33H42Br2N6O4/c1-37-15-17-38(18-16-37)26-8-12-39(13-9-26)33(11-19-42)21-27(40-22-25-4-2-3-5-30(25)36-31(40)43)10-14-41(33)32(44)45-23-24-6-7-28(34)29(35)20-24/h2-7,19-20,26-27H,8-18,21-23H2,1H3,(H,36,43)/t27-,33+/m1/s1. The average molecular weight is 747 g/mol. The Morgan fingerprint density at radius 2 is 1.71 bits per heavy atom. The predicted octanol–water partition coefficient (Wildman–Crippen LogP) is 5.36. The van der Waals surface area contributed by atoms with Crippen LogP contribution in [0.2, 0.25) is 0 Å². The number of hydrogen-bond acceptors (Lipinski definition) is 7. The van der Waals surface area contributed by atoms with Gasteiger partial charge in [-0.25, -0.2) is 9.59 Å². The fourth-order valence-corrected chi connectivity index (χ4v) is 8.24. The summed E-state index contributed by atoms with van der Waals surface area (Å²) >= 11 is 7.02. The molecule has 0 aliphatic carbocycles.